The third-order valence-corrected chi connectivity index (χ3v) is 2.15. The average molecular weight is 164 g/mol. The molecule has 2 rings (SSSR count). The van der Waals surface area contributed by atoms with Gasteiger partial charge in [-0.2, -0.15) is 0 Å². The second kappa shape index (κ2) is 3.25. The van der Waals surface area contributed by atoms with Gasteiger partial charge < -0.3 is 9.84 Å². The van der Waals surface area contributed by atoms with Gasteiger partial charge in [0.05, 0.1) is 18.8 Å². The van der Waals surface area contributed by atoms with E-state index in [1.165, 1.54) is 0 Å². The number of rotatable bonds is 1. The van der Waals surface area contributed by atoms with E-state index in [9.17, 15) is 5.11 Å². The second-order valence-electron chi connectivity index (χ2n) is 3.12. The average Bonchev–Trinajstić information content (AvgIpc) is 2.54. The van der Waals surface area contributed by atoms with Gasteiger partial charge in [0, 0.05) is 6.42 Å². The van der Waals surface area contributed by atoms with Crippen molar-refractivity contribution in [3.63, 3.8) is 0 Å². The maximum absolute atomic E-state index is 9.24. The number of benzene rings is 1. The molecule has 0 aromatic heterocycles. The highest BCUT2D eigenvalue weighted by Gasteiger charge is 2.24. The molecule has 1 aromatic carbocycles. The van der Waals surface area contributed by atoms with Crippen molar-refractivity contribution >= 4 is 0 Å². The zero-order chi connectivity index (χ0) is 8.39. The van der Waals surface area contributed by atoms with Crippen molar-refractivity contribution < 1.29 is 9.84 Å². The molecule has 1 aliphatic rings. The van der Waals surface area contributed by atoms with Crippen molar-refractivity contribution in [3.8, 4) is 0 Å². The second-order valence-corrected chi connectivity index (χ2v) is 3.12. The summed E-state index contributed by atoms with van der Waals surface area (Å²) in [5.74, 6) is 0. The van der Waals surface area contributed by atoms with E-state index >= 15 is 0 Å². The number of hydrogen-bond acceptors (Lipinski definition) is 2. The molecule has 1 saturated heterocycles. The zero-order valence-electron chi connectivity index (χ0n) is 6.81. The topological polar surface area (TPSA) is 29.5 Å². The predicted molar refractivity (Wildman–Crippen MR) is 45.8 cm³/mol. The fourth-order valence-corrected chi connectivity index (χ4v) is 1.51. The van der Waals surface area contributed by atoms with Crippen LogP contribution >= 0.6 is 0 Å². The third kappa shape index (κ3) is 1.49. The van der Waals surface area contributed by atoms with Crippen LogP contribution in [-0.2, 0) is 4.74 Å². The van der Waals surface area contributed by atoms with E-state index in [-0.39, 0.29) is 12.2 Å². The van der Waals surface area contributed by atoms with Crippen LogP contribution in [0.3, 0.4) is 0 Å². The van der Waals surface area contributed by atoms with Gasteiger partial charge >= 0.3 is 0 Å². The summed E-state index contributed by atoms with van der Waals surface area (Å²) in [6.07, 6.45) is 0.542. The number of hydrogen-bond donors (Lipinski definition) is 1. The molecule has 1 aliphatic heterocycles. The number of aliphatic hydroxyl groups excluding tert-OH is 1. The quantitative estimate of drug-likeness (QED) is 0.681. The Morgan fingerprint density at radius 1 is 1.25 bits per heavy atom. The van der Waals surface area contributed by atoms with Gasteiger partial charge in [0.2, 0.25) is 0 Å². The summed E-state index contributed by atoms with van der Waals surface area (Å²) in [5, 5.41) is 9.24. The molecule has 0 radical (unpaired) electrons. The van der Waals surface area contributed by atoms with E-state index in [1.54, 1.807) is 0 Å². The van der Waals surface area contributed by atoms with Gasteiger partial charge in [0.15, 0.2) is 0 Å². The molecule has 0 unspecified atom stereocenters. The molecule has 1 N–H and O–H groups in total. The lowest BCUT2D eigenvalue weighted by Gasteiger charge is -2.07. The Labute approximate surface area is 71.8 Å². The summed E-state index contributed by atoms with van der Waals surface area (Å²) in [6, 6.07) is 10.0. The number of ether oxygens (including phenoxy) is 1. The minimum Gasteiger partial charge on any atom is -0.391 e. The smallest absolute Gasteiger partial charge is 0.0851 e. The first-order valence-corrected chi connectivity index (χ1v) is 4.21. The van der Waals surface area contributed by atoms with Crippen LogP contribution in [0.15, 0.2) is 30.3 Å². The van der Waals surface area contributed by atoms with Crippen LogP contribution in [0.2, 0.25) is 0 Å². The minimum atomic E-state index is -0.282. The van der Waals surface area contributed by atoms with Crippen molar-refractivity contribution in [2.24, 2.45) is 0 Å². The molecule has 1 heterocycles. The first-order valence-electron chi connectivity index (χ1n) is 4.21. The van der Waals surface area contributed by atoms with Gasteiger partial charge in [-0.3, -0.25) is 0 Å². The fraction of sp³-hybridized carbons (Fsp3) is 0.400. The summed E-state index contributed by atoms with van der Waals surface area (Å²) >= 11 is 0. The number of aliphatic hydroxyl groups is 1. The Hall–Kier alpha value is -0.860. The zero-order valence-corrected chi connectivity index (χ0v) is 6.81. The largest absolute Gasteiger partial charge is 0.391 e. The van der Waals surface area contributed by atoms with E-state index in [4.69, 9.17) is 4.74 Å². The molecule has 0 amide bonds. The van der Waals surface area contributed by atoms with Crippen LogP contribution in [0.5, 0.6) is 0 Å². The normalized spacial score (nSPS) is 29.1. The lowest BCUT2D eigenvalue weighted by molar-refractivity contribution is 0.0888. The molecule has 2 heteroatoms. The van der Waals surface area contributed by atoms with Crippen LogP contribution in [0.1, 0.15) is 18.1 Å². The Morgan fingerprint density at radius 2 is 2.00 bits per heavy atom. The molecule has 0 spiro atoms. The van der Waals surface area contributed by atoms with E-state index in [0.29, 0.717) is 6.61 Å². The van der Waals surface area contributed by atoms with E-state index in [1.807, 2.05) is 30.3 Å². The van der Waals surface area contributed by atoms with Gasteiger partial charge in [0.25, 0.3) is 0 Å². The highest BCUT2D eigenvalue weighted by Crippen LogP contribution is 2.28. The van der Waals surface area contributed by atoms with Crippen molar-refractivity contribution in [2.45, 2.75) is 18.6 Å². The predicted octanol–water partition coefficient (Wildman–Crippen LogP) is 1.51. The van der Waals surface area contributed by atoms with Crippen molar-refractivity contribution in [1.29, 1.82) is 0 Å². The summed E-state index contributed by atoms with van der Waals surface area (Å²) in [5.41, 5.74) is 1.16. The highest BCUT2D eigenvalue weighted by molar-refractivity contribution is 5.18. The van der Waals surface area contributed by atoms with Gasteiger partial charge in [-0.05, 0) is 5.56 Å². The Kier molecular flexibility index (Phi) is 2.11. The monoisotopic (exact) mass is 164 g/mol. The molecule has 12 heavy (non-hydrogen) atoms. The Morgan fingerprint density at radius 3 is 2.58 bits per heavy atom. The molecule has 1 aromatic rings. The molecular formula is C10H12O2. The minimum absolute atomic E-state index is 0.0983. The van der Waals surface area contributed by atoms with Crippen molar-refractivity contribution in [2.75, 3.05) is 6.61 Å². The van der Waals surface area contributed by atoms with Crippen LogP contribution in [0.25, 0.3) is 0 Å². The van der Waals surface area contributed by atoms with E-state index < -0.39 is 0 Å². The Balaban J connectivity index is 2.11. The maximum Gasteiger partial charge on any atom is 0.0851 e. The molecule has 1 fully saturated rings. The van der Waals surface area contributed by atoms with Gasteiger partial charge in [-0.1, -0.05) is 30.3 Å². The lowest BCUT2D eigenvalue weighted by atomic mass is 10.1. The fourth-order valence-electron chi connectivity index (χ4n) is 1.51. The highest BCUT2D eigenvalue weighted by atomic mass is 16.5. The van der Waals surface area contributed by atoms with Crippen LogP contribution in [0.4, 0.5) is 0 Å². The molecule has 0 saturated carbocycles. The molecule has 64 valence electrons. The standard InChI is InChI=1S/C10H12O2/c11-9-6-10(12-7-9)8-4-2-1-3-5-8/h1-5,9-11H,6-7H2/t9-,10-/m1/s1. The summed E-state index contributed by atoms with van der Waals surface area (Å²) in [6.45, 7) is 0.472. The SMILES string of the molecule is O[C@H]1CO[C@@H](c2ccccc2)C1. The van der Waals surface area contributed by atoms with E-state index in [0.717, 1.165) is 12.0 Å². The Bertz CT molecular complexity index is 245. The first-order chi connectivity index (χ1) is 5.86. The lowest BCUT2D eigenvalue weighted by Crippen LogP contribution is -2.02. The molecular weight excluding hydrogens is 152 g/mol. The molecule has 0 bridgehead atoms. The first kappa shape index (κ1) is 7.77. The maximum atomic E-state index is 9.24. The van der Waals surface area contributed by atoms with Gasteiger partial charge in [0.1, 0.15) is 0 Å². The van der Waals surface area contributed by atoms with Gasteiger partial charge in [-0.15, -0.1) is 0 Å². The summed E-state index contributed by atoms with van der Waals surface area (Å²) in [4.78, 5) is 0. The van der Waals surface area contributed by atoms with Crippen molar-refractivity contribution in [3.05, 3.63) is 35.9 Å². The molecule has 2 nitrogen and oxygen atoms in total. The molecule has 0 aliphatic carbocycles. The van der Waals surface area contributed by atoms with Gasteiger partial charge in [-0.25, -0.2) is 0 Å². The van der Waals surface area contributed by atoms with Crippen molar-refractivity contribution in [1.82, 2.24) is 0 Å². The van der Waals surface area contributed by atoms with Crippen LogP contribution in [-0.4, -0.2) is 17.8 Å². The summed E-state index contributed by atoms with van der Waals surface area (Å²) < 4.78 is 5.40. The summed E-state index contributed by atoms with van der Waals surface area (Å²) in [7, 11) is 0. The molecule has 2 atom stereocenters. The van der Waals surface area contributed by atoms with Crippen LogP contribution < -0.4 is 0 Å². The van der Waals surface area contributed by atoms with Crippen LogP contribution in [0, 0.1) is 0 Å². The van der Waals surface area contributed by atoms with E-state index in [2.05, 4.69) is 0 Å². The third-order valence-electron chi connectivity index (χ3n) is 2.15.